The summed E-state index contributed by atoms with van der Waals surface area (Å²) in [5.74, 6) is -0.489. The van der Waals surface area contributed by atoms with Gasteiger partial charge in [0.2, 0.25) is 0 Å². The van der Waals surface area contributed by atoms with E-state index in [9.17, 15) is 14.7 Å². The van der Waals surface area contributed by atoms with E-state index in [0.717, 1.165) is 32.7 Å². The van der Waals surface area contributed by atoms with E-state index in [0.29, 0.717) is 16.7 Å². The predicted molar refractivity (Wildman–Crippen MR) is 200 cm³/mol. The molecular weight excluding hydrogens is 602 g/mol. The van der Waals surface area contributed by atoms with E-state index in [4.69, 9.17) is 0 Å². The van der Waals surface area contributed by atoms with Crippen molar-refractivity contribution in [1.82, 2.24) is 0 Å². The molecule has 3 N–H and O–H groups in total. The Hall–Kier alpha value is -3.14. The van der Waals surface area contributed by atoms with Crippen LogP contribution in [0.25, 0.3) is 43.8 Å². The molecule has 0 bridgehead atoms. The first-order valence-corrected chi connectivity index (χ1v) is 18.1. The summed E-state index contributed by atoms with van der Waals surface area (Å²) in [5, 5.41) is 3.96. The maximum Gasteiger partial charge on any atom is 0.441 e. The zero-order valence-corrected chi connectivity index (χ0v) is 31.0. The van der Waals surface area contributed by atoms with Crippen LogP contribution >= 0.6 is 7.94 Å². The molecule has 47 heavy (non-hydrogen) atoms. The molecular formula is C42H51FO3P+. The van der Waals surface area contributed by atoms with Gasteiger partial charge in [-0.1, -0.05) is 119 Å². The van der Waals surface area contributed by atoms with Gasteiger partial charge >= 0.3 is 7.94 Å². The maximum atomic E-state index is 16.7. The van der Waals surface area contributed by atoms with Crippen LogP contribution in [0.5, 0.6) is 0 Å². The van der Waals surface area contributed by atoms with Crippen molar-refractivity contribution in [3.63, 3.8) is 0 Å². The SMILES string of the molecule is CC(C)(C)c1ccc2cc(-c3c(F)ccc([P+](O)(O)O)c3-c3cc4ccc(C(C)(C)C)cc4cc3C(C)(C)C)c(C(C)(C)C)cc2c1. The minimum atomic E-state index is -4.60. The molecule has 248 valence electrons. The van der Waals surface area contributed by atoms with Gasteiger partial charge in [-0.2, -0.15) is 14.7 Å². The van der Waals surface area contributed by atoms with Gasteiger partial charge in [0, 0.05) is 11.1 Å². The fraction of sp³-hybridized carbons (Fsp3) is 0.381. The van der Waals surface area contributed by atoms with Crippen molar-refractivity contribution in [2.24, 2.45) is 0 Å². The molecule has 0 aliphatic rings. The van der Waals surface area contributed by atoms with E-state index in [1.165, 1.54) is 23.3 Å². The van der Waals surface area contributed by atoms with Crippen LogP contribution in [0.1, 0.15) is 105 Å². The molecule has 5 heteroatoms. The van der Waals surface area contributed by atoms with Gasteiger partial charge in [-0.15, -0.1) is 0 Å². The summed E-state index contributed by atoms with van der Waals surface area (Å²) in [7, 11) is -4.60. The average molecular weight is 654 g/mol. The van der Waals surface area contributed by atoms with Crippen molar-refractivity contribution < 1.29 is 19.1 Å². The first-order valence-electron chi connectivity index (χ1n) is 16.5. The van der Waals surface area contributed by atoms with Gasteiger partial charge in [0.25, 0.3) is 0 Å². The molecule has 0 aliphatic carbocycles. The smallest absolute Gasteiger partial charge is 0.206 e. The lowest BCUT2D eigenvalue weighted by atomic mass is 9.75. The van der Waals surface area contributed by atoms with E-state index in [-0.39, 0.29) is 27.1 Å². The average Bonchev–Trinajstić information content (AvgIpc) is 2.92. The van der Waals surface area contributed by atoms with Gasteiger partial charge in [0.15, 0.2) is 5.30 Å². The third-order valence-electron chi connectivity index (χ3n) is 9.30. The van der Waals surface area contributed by atoms with Crippen LogP contribution in [0.3, 0.4) is 0 Å². The van der Waals surface area contributed by atoms with Crippen LogP contribution in [0, 0.1) is 5.82 Å². The van der Waals surface area contributed by atoms with Crippen LogP contribution in [-0.4, -0.2) is 14.7 Å². The Labute approximate surface area is 281 Å². The van der Waals surface area contributed by atoms with Gasteiger partial charge in [0.05, 0.1) is 0 Å². The molecule has 5 rings (SSSR count). The summed E-state index contributed by atoms with van der Waals surface area (Å²) in [6, 6.07) is 23.7. The quantitative estimate of drug-likeness (QED) is 0.170. The first-order chi connectivity index (χ1) is 21.4. The van der Waals surface area contributed by atoms with E-state index >= 15 is 4.39 Å². The minimum Gasteiger partial charge on any atom is -0.206 e. The number of halogens is 1. The molecule has 0 amide bonds. The highest BCUT2D eigenvalue weighted by Crippen LogP contribution is 2.52. The topological polar surface area (TPSA) is 60.7 Å². The first kappa shape index (κ1) is 35.2. The van der Waals surface area contributed by atoms with Crippen molar-refractivity contribution >= 4 is 34.8 Å². The third-order valence-corrected chi connectivity index (χ3v) is 10.3. The lowest BCUT2D eigenvalue weighted by Crippen LogP contribution is -2.20. The summed E-state index contributed by atoms with van der Waals surface area (Å²) in [4.78, 5) is 32.8. The normalized spacial score (nSPS) is 13.5. The van der Waals surface area contributed by atoms with E-state index in [2.05, 4.69) is 132 Å². The van der Waals surface area contributed by atoms with E-state index in [1.807, 2.05) is 12.1 Å². The lowest BCUT2D eigenvalue weighted by molar-refractivity contribution is 0.347. The summed E-state index contributed by atoms with van der Waals surface area (Å²) < 4.78 is 16.7. The van der Waals surface area contributed by atoms with Gasteiger partial charge in [0.1, 0.15) is 5.82 Å². The summed E-state index contributed by atoms with van der Waals surface area (Å²) in [6.07, 6.45) is 0. The van der Waals surface area contributed by atoms with Crippen LogP contribution < -0.4 is 5.30 Å². The highest BCUT2D eigenvalue weighted by atomic mass is 31.2. The minimum absolute atomic E-state index is 0.0359. The zero-order valence-electron chi connectivity index (χ0n) is 30.1. The molecule has 0 spiro atoms. The highest BCUT2D eigenvalue weighted by molar-refractivity contribution is 7.67. The second kappa shape index (κ2) is 11.5. The van der Waals surface area contributed by atoms with Gasteiger partial charge in [-0.05, 0) is 113 Å². The van der Waals surface area contributed by atoms with Crippen molar-refractivity contribution in [3.05, 3.63) is 101 Å². The molecule has 0 atom stereocenters. The lowest BCUT2D eigenvalue weighted by Gasteiger charge is -2.29. The van der Waals surface area contributed by atoms with E-state index < -0.39 is 19.2 Å². The Morgan fingerprint density at radius 2 is 0.851 bits per heavy atom. The molecule has 0 unspecified atom stereocenters. The second-order valence-electron chi connectivity index (χ2n) is 17.3. The van der Waals surface area contributed by atoms with Crippen molar-refractivity contribution in [2.75, 3.05) is 0 Å². The van der Waals surface area contributed by atoms with Crippen LogP contribution in [0.2, 0.25) is 0 Å². The molecule has 0 saturated heterocycles. The van der Waals surface area contributed by atoms with Crippen LogP contribution in [0.15, 0.2) is 72.8 Å². The molecule has 3 nitrogen and oxygen atoms in total. The molecule has 0 heterocycles. The number of hydrogen-bond acceptors (Lipinski definition) is 3. The zero-order chi connectivity index (χ0) is 35.1. The number of rotatable bonds is 3. The van der Waals surface area contributed by atoms with Crippen molar-refractivity contribution in [1.29, 1.82) is 0 Å². The molecule has 0 aliphatic heterocycles. The summed E-state index contributed by atoms with van der Waals surface area (Å²) >= 11 is 0. The maximum absolute atomic E-state index is 16.7. The van der Waals surface area contributed by atoms with Crippen molar-refractivity contribution in [3.8, 4) is 22.3 Å². The Morgan fingerprint density at radius 3 is 1.21 bits per heavy atom. The largest absolute Gasteiger partial charge is 0.441 e. The standard InChI is InChI=1S/C42H51FO3P/c1-39(2,3)29-15-13-25-21-31(33(41(7,8)9)23-27(25)19-29)37-35(43)17-18-36(47(44,45)46)38(37)32-22-26-14-16-30(40(4,5)6)20-28(26)24-34(32)42(10,11)12/h13-24,44-46H,1-12H3/q+1. The molecule has 5 aromatic carbocycles. The Bertz CT molecular complexity index is 2010. The monoisotopic (exact) mass is 653 g/mol. The van der Waals surface area contributed by atoms with Gasteiger partial charge in [-0.3, -0.25) is 0 Å². The fourth-order valence-electron chi connectivity index (χ4n) is 6.54. The molecule has 0 radical (unpaired) electrons. The molecule has 0 aromatic heterocycles. The van der Waals surface area contributed by atoms with Crippen LogP contribution in [0.4, 0.5) is 4.39 Å². The van der Waals surface area contributed by atoms with Gasteiger partial charge < -0.3 is 0 Å². The third kappa shape index (κ3) is 6.90. The Kier molecular flexibility index (Phi) is 8.60. The number of hydrogen-bond donors (Lipinski definition) is 3. The Morgan fingerprint density at radius 1 is 0.447 bits per heavy atom. The fourth-order valence-corrected chi connectivity index (χ4v) is 7.34. The summed E-state index contributed by atoms with van der Waals surface area (Å²) in [5.41, 5.74) is 5.31. The molecule has 5 aromatic rings. The highest BCUT2D eigenvalue weighted by Gasteiger charge is 2.41. The molecule has 0 fully saturated rings. The van der Waals surface area contributed by atoms with E-state index in [1.54, 1.807) is 0 Å². The summed E-state index contributed by atoms with van der Waals surface area (Å²) in [6.45, 7) is 25.8. The number of fused-ring (bicyclic) bond motifs is 2. The predicted octanol–water partition coefficient (Wildman–Crippen LogP) is 11.0. The molecule has 0 saturated carbocycles. The number of benzene rings is 5. The van der Waals surface area contributed by atoms with Crippen LogP contribution in [-0.2, 0) is 21.7 Å². The van der Waals surface area contributed by atoms with Crippen molar-refractivity contribution in [2.45, 2.75) is 105 Å². The van der Waals surface area contributed by atoms with Gasteiger partial charge in [-0.25, -0.2) is 4.39 Å². The Balaban J connectivity index is 1.96. The second-order valence-corrected chi connectivity index (χ2v) is 18.9.